The average molecular weight is 366 g/mol. The third-order valence-corrected chi connectivity index (χ3v) is 5.20. The van der Waals surface area contributed by atoms with E-state index in [2.05, 4.69) is 22.3 Å². The van der Waals surface area contributed by atoms with Gasteiger partial charge in [0.05, 0.1) is 10.7 Å². The molecule has 4 rings (SSSR count). The summed E-state index contributed by atoms with van der Waals surface area (Å²) < 4.78 is 0. The molecule has 0 spiro atoms. The minimum absolute atomic E-state index is 0.102. The van der Waals surface area contributed by atoms with Crippen LogP contribution in [-0.2, 0) is 0 Å². The molecule has 1 N–H and O–H groups in total. The first kappa shape index (κ1) is 16.7. The van der Waals surface area contributed by atoms with Crippen LogP contribution < -0.4 is 10.2 Å². The van der Waals surface area contributed by atoms with Crippen molar-refractivity contribution in [3.63, 3.8) is 0 Å². The smallest absolute Gasteiger partial charge is 0.322 e. The molecule has 1 saturated heterocycles. The zero-order valence-electron chi connectivity index (χ0n) is 14.4. The second-order valence-corrected chi connectivity index (χ2v) is 6.77. The lowest BCUT2D eigenvalue weighted by molar-refractivity contribution is 0.208. The molecule has 3 aromatic rings. The number of hydrogen-bond acceptors (Lipinski definition) is 2. The number of carbonyl (C=O) groups is 1. The maximum absolute atomic E-state index is 12.6. The highest BCUT2D eigenvalue weighted by molar-refractivity contribution is 6.38. The maximum Gasteiger partial charge on any atom is 0.322 e. The molecule has 0 saturated carbocycles. The monoisotopic (exact) mass is 365 g/mol. The van der Waals surface area contributed by atoms with E-state index in [1.807, 2.05) is 59.5 Å². The first-order chi connectivity index (χ1) is 12.7. The predicted molar refractivity (Wildman–Crippen MR) is 108 cm³/mol. The molecular formula is C21H20ClN3O. The van der Waals surface area contributed by atoms with Crippen LogP contribution in [0.25, 0.3) is 10.8 Å². The Morgan fingerprint density at radius 2 is 1.54 bits per heavy atom. The number of halogens is 1. The van der Waals surface area contributed by atoms with Crippen molar-refractivity contribution >= 4 is 39.8 Å². The van der Waals surface area contributed by atoms with Crippen molar-refractivity contribution in [3.05, 3.63) is 71.8 Å². The van der Waals surface area contributed by atoms with Crippen LogP contribution in [-0.4, -0.2) is 37.1 Å². The Bertz CT molecular complexity index is 921. The fourth-order valence-corrected chi connectivity index (χ4v) is 3.61. The Hall–Kier alpha value is -2.72. The second kappa shape index (κ2) is 7.26. The van der Waals surface area contributed by atoms with E-state index in [0.29, 0.717) is 23.8 Å². The molecule has 0 radical (unpaired) electrons. The molecule has 1 heterocycles. The van der Waals surface area contributed by atoms with Gasteiger partial charge >= 0.3 is 6.03 Å². The van der Waals surface area contributed by atoms with Crippen molar-refractivity contribution < 1.29 is 4.79 Å². The summed E-state index contributed by atoms with van der Waals surface area (Å²) in [4.78, 5) is 16.8. The van der Waals surface area contributed by atoms with Gasteiger partial charge in [-0.1, -0.05) is 60.1 Å². The van der Waals surface area contributed by atoms with Crippen LogP contribution in [0.15, 0.2) is 66.7 Å². The summed E-state index contributed by atoms with van der Waals surface area (Å²) in [6, 6.07) is 21.9. The third-order valence-electron chi connectivity index (χ3n) is 4.79. The number of hydrogen-bond donors (Lipinski definition) is 1. The van der Waals surface area contributed by atoms with Gasteiger partial charge in [-0.15, -0.1) is 0 Å². The van der Waals surface area contributed by atoms with E-state index in [9.17, 15) is 4.79 Å². The Morgan fingerprint density at radius 3 is 2.31 bits per heavy atom. The van der Waals surface area contributed by atoms with Crippen molar-refractivity contribution in [1.82, 2.24) is 4.90 Å². The highest BCUT2D eigenvalue weighted by atomic mass is 35.5. The predicted octanol–water partition coefficient (Wildman–Crippen LogP) is 4.85. The molecule has 1 aliphatic rings. The fraction of sp³-hybridized carbons (Fsp3) is 0.190. The molecule has 5 heteroatoms. The van der Waals surface area contributed by atoms with Crippen LogP contribution in [0, 0.1) is 0 Å². The number of para-hydroxylation sites is 1. The largest absolute Gasteiger partial charge is 0.368 e. The van der Waals surface area contributed by atoms with Crippen molar-refractivity contribution in [1.29, 1.82) is 0 Å². The molecule has 4 nitrogen and oxygen atoms in total. The van der Waals surface area contributed by atoms with Crippen LogP contribution in [0.4, 0.5) is 16.2 Å². The van der Waals surface area contributed by atoms with E-state index < -0.39 is 0 Å². The Kier molecular flexibility index (Phi) is 4.67. The van der Waals surface area contributed by atoms with Crippen LogP contribution in [0.1, 0.15) is 0 Å². The summed E-state index contributed by atoms with van der Waals surface area (Å²) >= 11 is 6.49. The van der Waals surface area contributed by atoms with Gasteiger partial charge in [-0.05, 0) is 23.6 Å². The quantitative estimate of drug-likeness (QED) is 0.704. The van der Waals surface area contributed by atoms with Crippen molar-refractivity contribution in [2.75, 3.05) is 36.4 Å². The van der Waals surface area contributed by atoms with E-state index in [1.165, 1.54) is 5.69 Å². The SMILES string of the molecule is O=C(Nc1ccc2ccccc2c1Cl)N1CCN(c2ccccc2)CC1. The van der Waals surface area contributed by atoms with Crippen LogP contribution in [0.3, 0.4) is 0 Å². The summed E-state index contributed by atoms with van der Waals surface area (Å²) in [6.45, 7) is 3.02. The normalized spacial score (nSPS) is 14.5. The molecule has 0 bridgehead atoms. The number of urea groups is 1. The van der Waals surface area contributed by atoms with Gasteiger partial charge in [-0.2, -0.15) is 0 Å². The first-order valence-electron chi connectivity index (χ1n) is 8.75. The lowest BCUT2D eigenvalue weighted by Gasteiger charge is -2.36. The van der Waals surface area contributed by atoms with E-state index in [4.69, 9.17) is 11.6 Å². The van der Waals surface area contributed by atoms with Crippen LogP contribution in [0.2, 0.25) is 5.02 Å². The second-order valence-electron chi connectivity index (χ2n) is 6.39. The van der Waals surface area contributed by atoms with E-state index in [1.54, 1.807) is 0 Å². The Morgan fingerprint density at radius 1 is 0.846 bits per heavy atom. The fourth-order valence-electron chi connectivity index (χ4n) is 3.33. The minimum atomic E-state index is -0.102. The van der Waals surface area contributed by atoms with E-state index in [-0.39, 0.29) is 6.03 Å². The third kappa shape index (κ3) is 3.33. The van der Waals surface area contributed by atoms with Gasteiger partial charge in [-0.3, -0.25) is 0 Å². The molecule has 2 amide bonds. The zero-order chi connectivity index (χ0) is 17.9. The maximum atomic E-state index is 12.6. The van der Waals surface area contributed by atoms with Gasteiger partial charge in [0.25, 0.3) is 0 Å². The summed E-state index contributed by atoms with van der Waals surface area (Å²) in [5, 5.41) is 5.55. The van der Waals surface area contributed by atoms with Gasteiger partial charge < -0.3 is 15.1 Å². The summed E-state index contributed by atoms with van der Waals surface area (Å²) in [6.07, 6.45) is 0. The molecule has 1 aliphatic heterocycles. The first-order valence-corrected chi connectivity index (χ1v) is 9.13. The molecular weight excluding hydrogens is 346 g/mol. The summed E-state index contributed by atoms with van der Waals surface area (Å²) in [7, 11) is 0. The number of nitrogens with one attached hydrogen (secondary N) is 1. The number of amides is 2. The number of rotatable bonds is 2. The van der Waals surface area contributed by atoms with E-state index >= 15 is 0 Å². The van der Waals surface area contributed by atoms with Crippen molar-refractivity contribution in [2.24, 2.45) is 0 Å². The van der Waals surface area contributed by atoms with Gasteiger partial charge in [0.15, 0.2) is 0 Å². The van der Waals surface area contributed by atoms with Gasteiger partial charge in [-0.25, -0.2) is 4.79 Å². The molecule has 0 aromatic heterocycles. The summed E-state index contributed by atoms with van der Waals surface area (Å²) in [5.74, 6) is 0. The molecule has 3 aromatic carbocycles. The highest BCUT2D eigenvalue weighted by Crippen LogP contribution is 2.31. The molecule has 0 atom stereocenters. The van der Waals surface area contributed by atoms with Crippen molar-refractivity contribution in [2.45, 2.75) is 0 Å². The number of benzene rings is 3. The van der Waals surface area contributed by atoms with Crippen LogP contribution in [0.5, 0.6) is 0 Å². The average Bonchev–Trinajstić information content (AvgIpc) is 2.71. The van der Waals surface area contributed by atoms with Crippen LogP contribution >= 0.6 is 11.6 Å². The molecule has 0 unspecified atom stereocenters. The topological polar surface area (TPSA) is 35.6 Å². The zero-order valence-corrected chi connectivity index (χ0v) is 15.1. The molecule has 26 heavy (non-hydrogen) atoms. The Balaban J connectivity index is 1.42. The molecule has 132 valence electrons. The van der Waals surface area contributed by atoms with Gasteiger partial charge in [0, 0.05) is 37.3 Å². The lowest BCUT2D eigenvalue weighted by Crippen LogP contribution is -2.50. The number of fused-ring (bicyclic) bond motifs is 1. The number of piperazine rings is 1. The highest BCUT2D eigenvalue weighted by Gasteiger charge is 2.22. The van der Waals surface area contributed by atoms with Crippen molar-refractivity contribution in [3.8, 4) is 0 Å². The number of carbonyl (C=O) groups excluding carboxylic acids is 1. The number of nitrogens with zero attached hydrogens (tertiary/aromatic N) is 2. The lowest BCUT2D eigenvalue weighted by atomic mass is 10.1. The minimum Gasteiger partial charge on any atom is -0.368 e. The standard InChI is InChI=1S/C21H20ClN3O/c22-20-18-9-5-4-6-16(18)10-11-19(20)23-21(26)25-14-12-24(13-15-25)17-7-2-1-3-8-17/h1-11H,12-15H2,(H,23,26). The summed E-state index contributed by atoms with van der Waals surface area (Å²) in [5.41, 5.74) is 1.85. The molecule has 1 fully saturated rings. The van der Waals surface area contributed by atoms with E-state index in [0.717, 1.165) is 23.9 Å². The Labute approximate surface area is 158 Å². The van der Waals surface area contributed by atoms with Gasteiger partial charge in [0.2, 0.25) is 0 Å². The number of anilines is 2. The molecule has 0 aliphatic carbocycles. The van der Waals surface area contributed by atoms with Gasteiger partial charge in [0.1, 0.15) is 0 Å².